The summed E-state index contributed by atoms with van der Waals surface area (Å²) < 4.78 is 5.57. The molecule has 9 heteroatoms. The number of halogens is 1. The van der Waals surface area contributed by atoms with Crippen LogP contribution in [0.4, 0.5) is 5.69 Å². The lowest BCUT2D eigenvalue weighted by Gasteiger charge is -2.33. The molecule has 28 heavy (non-hydrogen) atoms. The smallest absolute Gasteiger partial charge is 0.313 e. The van der Waals surface area contributed by atoms with E-state index < -0.39 is 16.9 Å². The third kappa shape index (κ3) is 4.23. The lowest BCUT2D eigenvalue weighted by atomic mass is 10.0. The number of hydrogen-bond acceptors (Lipinski definition) is 5. The second kappa shape index (κ2) is 8.26. The Morgan fingerprint density at radius 2 is 1.89 bits per heavy atom. The second-order valence-corrected chi connectivity index (χ2v) is 6.84. The average Bonchev–Trinajstić information content (AvgIpc) is 2.69. The molecule has 1 unspecified atom stereocenters. The van der Waals surface area contributed by atoms with Crippen LogP contribution in [0.3, 0.4) is 0 Å². The molecule has 1 atom stereocenters. The fourth-order valence-corrected chi connectivity index (χ4v) is 3.31. The van der Waals surface area contributed by atoms with Crippen molar-refractivity contribution in [1.82, 2.24) is 4.90 Å². The Morgan fingerprint density at radius 1 is 1.18 bits per heavy atom. The van der Waals surface area contributed by atoms with Gasteiger partial charge in [-0.3, -0.25) is 19.7 Å². The predicted octanol–water partition coefficient (Wildman–Crippen LogP) is 3.52. The molecule has 0 bridgehead atoms. The Balaban J connectivity index is 1.78. The van der Waals surface area contributed by atoms with Crippen LogP contribution in [-0.2, 0) is 4.79 Å². The lowest BCUT2D eigenvalue weighted by molar-refractivity contribution is -0.385. The van der Waals surface area contributed by atoms with Gasteiger partial charge in [0.1, 0.15) is 11.8 Å². The van der Waals surface area contributed by atoms with Crippen LogP contribution in [0.5, 0.6) is 11.5 Å². The maximum atomic E-state index is 12.7. The van der Waals surface area contributed by atoms with E-state index in [0.717, 1.165) is 12.8 Å². The summed E-state index contributed by atoms with van der Waals surface area (Å²) in [4.78, 5) is 36.4. The van der Waals surface area contributed by atoms with E-state index in [1.165, 1.54) is 35.2 Å². The molecule has 146 valence electrons. The minimum atomic E-state index is -0.603. The van der Waals surface area contributed by atoms with E-state index in [0.29, 0.717) is 24.3 Å². The van der Waals surface area contributed by atoms with E-state index in [2.05, 4.69) is 0 Å². The molecule has 1 saturated heterocycles. The maximum Gasteiger partial charge on any atom is 0.313 e. The highest BCUT2D eigenvalue weighted by molar-refractivity contribution is 6.30. The van der Waals surface area contributed by atoms with E-state index >= 15 is 0 Å². The summed E-state index contributed by atoms with van der Waals surface area (Å²) in [6.45, 7) is 0.474. The first-order chi connectivity index (χ1) is 13.4. The molecule has 8 nitrogen and oxygen atoms in total. The predicted molar refractivity (Wildman–Crippen MR) is 102 cm³/mol. The van der Waals surface area contributed by atoms with E-state index in [4.69, 9.17) is 22.1 Å². The Labute approximate surface area is 166 Å². The fourth-order valence-electron chi connectivity index (χ4n) is 3.15. The SMILES string of the molecule is NC(=O)C1CCCCN1C(=O)c1ccc(Oc2ccc(Cl)cc2[N+](=O)[O-])cc1. The third-order valence-electron chi connectivity index (χ3n) is 4.54. The Kier molecular flexibility index (Phi) is 5.79. The van der Waals surface area contributed by atoms with Crippen molar-refractivity contribution in [3.63, 3.8) is 0 Å². The van der Waals surface area contributed by atoms with Crippen LogP contribution < -0.4 is 10.5 Å². The maximum absolute atomic E-state index is 12.7. The second-order valence-electron chi connectivity index (χ2n) is 6.41. The highest BCUT2D eigenvalue weighted by atomic mass is 35.5. The molecular weight excluding hydrogens is 386 g/mol. The number of primary amides is 1. The molecule has 1 aliphatic heterocycles. The van der Waals surface area contributed by atoms with Crippen LogP contribution in [0.2, 0.25) is 5.02 Å². The molecular formula is C19H18ClN3O5. The minimum absolute atomic E-state index is 0.0401. The quantitative estimate of drug-likeness (QED) is 0.605. The normalized spacial score (nSPS) is 16.5. The molecule has 1 aliphatic rings. The van der Waals surface area contributed by atoms with Gasteiger partial charge in [-0.25, -0.2) is 0 Å². The number of benzene rings is 2. The number of rotatable bonds is 5. The first kappa shape index (κ1) is 19.6. The number of piperidine rings is 1. The highest BCUT2D eigenvalue weighted by Gasteiger charge is 2.31. The van der Waals surface area contributed by atoms with Crippen LogP contribution in [0.25, 0.3) is 0 Å². The molecule has 2 N–H and O–H groups in total. The van der Waals surface area contributed by atoms with Gasteiger partial charge in [-0.1, -0.05) is 11.6 Å². The largest absolute Gasteiger partial charge is 0.450 e. The molecule has 0 aliphatic carbocycles. The summed E-state index contributed by atoms with van der Waals surface area (Å²) in [5.74, 6) is -0.430. The fraction of sp³-hybridized carbons (Fsp3) is 0.263. The van der Waals surface area contributed by atoms with Crippen molar-refractivity contribution < 1.29 is 19.2 Å². The number of ether oxygens (including phenoxy) is 1. The van der Waals surface area contributed by atoms with Gasteiger partial charge < -0.3 is 15.4 Å². The van der Waals surface area contributed by atoms with Gasteiger partial charge in [-0.05, 0) is 55.7 Å². The van der Waals surface area contributed by atoms with Crippen molar-refractivity contribution in [2.75, 3.05) is 6.54 Å². The van der Waals surface area contributed by atoms with Gasteiger partial charge in [-0.2, -0.15) is 0 Å². The number of nitro groups is 1. The molecule has 2 aromatic carbocycles. The molecule has 0 spiro atoms. The van der Waals surface area contributed by atoms with E-state index in [9.17, 15) is 19.7 Å². The molecule has 3 rings (SSSR count). The summed E-state index contributed by atoms with van der Waals surface area (Å²) >= 11 is 5.79. The van der Waals surface area contributed by atoms with Gasteiger partial charge in [0.15, 0.2) is 0 Å². The van der Waals surface area contributed by atoms with Gasteiger partial charge in [0.2, 0.25) is 11.7 Å². The summed E-state index contributed by atoms with van der Waals surface area (Å²) in [6, 6.07) is 9.66. The molecule has 2 amide bonds. The zero-order valence-corrected chi connectivity index (χ0v) is 15.6. The van der Waals surface area contributed by atoms with Crippen molar-refractivity contribution in [1.29, 1.82) is 0 Å². The Hall–Kier alpha value is -3.13. The van der Waals surface area contributed by atoms with Crippen molar-refractivity contribution >= 4 is 29.1 Å². The standard InChI is InChI=1S/C19H18ClN3O5/c20-13-6-9-17(16(11-13)23(26)27)28-14-7-4-12(5-8-14)19(25)22-10-2-1-3-15(22)18(21)24/h4-9,11,15H,1-3,10H2,(H2,21,24). The van der Waals surface area contributed by atoms with Crippen LogP contribution in [0, 0.1) is 10.1 Å². The van der Waals surface area contributed by atoms with Gasteiger partial charge in [0, 0.05) is 23.2 Å². The number of nitrogens with two attached hydrogens (primary N) is 1. The Morgan fingerprint density at radius 3 is 2.54 bits per heavy atom. The third-order valence-corrected chi connectivity index (χ3v) is 4.77. The number of hydrogen-bond donors (Lipinski definition) is 1. The summed E-state index contributed by atoms with van der Waals surface area (Å²) in [5, 5.41) is 11.4. The van der Waals surface area contributed by atoms with Crippen molar-refractivity contribution in [3.05, 3.63) is 63.2 Å². The van der Waals surface area contributed by atoms with Gasteiger partial charge in [0.05, 0.1) is 4.92 Å². The zero-order valence-electron chi connectivity index (χ0n) is 14.8. The number of likely N-dealkylation sites (tertiary alicyclic amines) is 1. The number of nitro benzene ring substituents is 1. The number of carbonyl (C=O) groups excluding carboxylic acids is 2. The topological polar surface area (TPSA) is 116 Å². The minimum Gasteiger partial charge on any atom is -0.450 e. The Bertz CT molecular complexity index is 916. The lowest BCUT2D eigenvalue weighted by Crippen LogP contribution is -2.50. The zero-order chi connectivity index (χ0) is 20.3. The van der Waals surface area contributed by atoms with E-state index in [-0.39, 0.29) is 22.4 Å². The van der Waals surface area contributed by atoms with Crippen LogP contribution in [0.1, 0.15) is 29.6 Å². The van der Waals surface area contributed by atoms with Gasteiger partial charge >= 0.3 is 5.69 Å². The summed E-state index contributed by atoms with van der Waals surface area (Å²) in [7, 11) is 0. The van der Waals surface area contributed by atoms with Crippen molar-refractivity contribution in [2.24, 2.45) is 5.73 Å². The first-order valence-electron chi connectivity index (χ1n) is 8.69. The molecule has 0 aromatic heterocycles. The summed E-state index contributed by atoms with van der Waals surface area (Å²) in [5.41, 5.74) is 5.54. The first-order valence-corrected chi connectivity index (χ1v) is 9.07. The molecule has 1 fully saturated rings. The van der Waals surface area contributed by atoms with Gasteiger partial charge in [-0.15, -0.1) is 0 Å². The number of amides is 2. The van der Waals surface area contributed by atoms with Crippen LogP contribution in [0.15, 0.2) is 42.5 Å². The van der Waals surface area contributed by atoms with Gasteiger partial charge in [0.25, 0.3) is 5.91 Å². The number of carbonyl (C=O) groups is 2. The van der Waals surface area contributed by atoms with Crippen LogP contribution in [-0.4, -0.2) is 34.2 Å². The highest BCUT2D eigenvalue weighted by Crippen LogP contribution is 2.33. The monoisotopic (exact) mass is 403 g/mol. The molecule has 2 aromatic rings. The average molecular weight is 404 g/mol. The van der Waals surface area contributed by atoms with Crippen LogP contribution >= 0.6 is 11.6 Å². The summed E-state index contributed by atoms with van der Waals surface area (Å²) in [6.07, 6.45) is 2.23. The van der Waals surface area contributed by atoms with Crippen molar-refractivity contribution in [2.45, 2.75) is 25.3 Å². The molecule has 0 saturated carbocycles. The molecule has 1 heterocycles. The number of nitrogens with zero attached hydrogens (tertiary/aromatic N) is 2. The molecule has 0 radical (unpaired) electrons. The van der Waals surface area contributed by atoms with E-state index in [1.54, 1.807) is 12.1 Å². The van der Waals surface area contributed by atoms with Crippen molar-refractivity contribution in [3.8, 4) is 11.5 Å². The van der Waals surface area contributed by atoms with E-state index in [1.807, 2.05) is 0 Å².